The maximum atomic E-state index is 11.5. The number of nitrogens with zero attached hydrogens (tertiary/aromatic N) is 1. The molecule has 25 heavy (non-hydrogen) atoms. The molecule has 0 spiro atoms. The van der Waals surface area contributed by atoms with E-state index in [1.165, 1.54) is 13.2 Å². The number of aromatic hydroxyl groups is 1. The van der Waals surface area contributed by atoms with E-state index in [0.29, 0.717) is 22.2 Å². The number of para-hydroxylation sites is 1. The van der Waals surface area contributed by atoms with Gasteiger partial charge in [-0.25, -0.2) is 9.78 Å². The third-order valence-electron chi connectivity index (χ3n) is 3.68. The predicted molar refractivity (Wildman–Crippen MR) is 97.3 cm³/mol. The van der Waals surface area contributed by atoms with E-state index in [9.17, 15) is 15.0 Å². The number of halogens is 1. The zero-order valence-corrected chi connectivity index (χ0v) is 14.0. The fraction of sp³-hybridized carbons (Fsp3) is 0.0526. The quantitative estimate of drug-likeness (QED) is 0.721. The summed E-state index contributed by atoms with van der Waals surface area (Å²) in [7, 11) is 1.43. The van der Waals surface area contributed by atoms with Gasteiger partial charge in [0.2, 0.25) is 0 Å². The molecule has 6 heteroatoms. The number of hydrogen-bond acceptors (Lipinski definition) is 4. The predicted octanol–water partition coefficient (Wildman–Crippen LogP) is 4.47. The number of benzene rings is 2. The Balaban J connectivity index is 2.05. The Labute approximate surface area is 148 Å². The number of carboxylic acid groups (broad SMARTS) is 1. The average Bonchev–Trinajstić information content (AvgIpc) is 2.61. The number of ether oxygens (including phenoxy) is 1. The van der Waals surface area contributed by atoms with E-state index >= 15 is 0 Å². The summed E-state index contributed by atoms with van der Waals surface area (Å²) in [6.45, 7) is 0. The van der Waals surface area contributed by atoms with Crippen LogP contribution in [-0.2, 0) is 0 Å². The lowest BCUT2D eigenvalue weighted by molar-refractivity contribution is 0.0699. The van der Waals surface area contributed by atoms with Gasteiger partial charge in [0.25, 0.3) is 0 Å². The minimum absolute atomic E-state index is 0.127. The lowest BCUT2D eigenvalue weighted by Gasteiger charge is -2.06. The van der Waals surface area contributed by atoms with Gasteiger partial charge >= 0.3 is 5.97 Å². The van der Waals surface area contributed by atoms with E-state index in [2.05, 4.69) is 4.98 Å². The molecule has 3 aromatic rings. The first kappa shape index (κ1) is 16.8. The smallest absolute Gasteiger partial charge is 0.336 e. The van der Waals surface area contributed by atoms with Crippen LogP contribution >= 0.6 is 11.6 Å². The van der Waals surface area contributed by atoms with Crippen LogP contribution in [0.1, 0.15) is 21.6 Å². The van der Waals surface area contributed by atoms with E-state index in [0.717, 1.165) is 0 Å². The zero-order chi connectivity index (χ0) is 18.0. The Morgan fingerprint density at radius 3 is 2.68 bits per heavy atom. The van der Waals surface area contributed by atoms with Crippen molar-refractivity contribution in [2.24, 2.45) is 0 Å². The van der Waals surface area contributed by atoms with Crippen LogP contribution < -0.4 is 4.74 Å². The largest absolute Gasteiger partial charge is 0.503 e. The fourth-order valence-corrected chi connectivity index (χ4v) is 2.70. The van der Waals surface area contributed by atoms with Crippen LogP contribution in [0.4, 0.5) is 0 Å². The molecule has 2 N–H and O–H groups in total. The van der Waals surface area contributed by atoms with Crippen molar-refractivity contribution in [1.82, 2.24) is 4.98 Å². The molecule has 0 aliphatic carbocycles. The normalized spacial score (nSPS) is 11.1. The number of fused-ring (bicyclic) bond motifs is 1. The van der Waals surface area contributed by atoms with Crippen molar-refractivity contribution in [1.29, 1.82) is 0 Å². The molecule has 0 radical (unpaired) electrons. The van der Waals surface area contributed by atoms with Gasteiger partial charge in [-0.15, -0.1) is 0 Å². The third-order valence-corrected chi connectivity index (χ3v) is 3.97. The molecule has 0 atom stereocenters. The van der Waals surface area contributed by atoms with Gasteiger partial charge in [0.1, 0.15) is 0 Å². The molecule has 5 nitrogen and oxygen atoms in total. The highest BCUT2D eigenvalue weighted by atomic mass is 35.5. The molecule has 0 aliphatic rings. The molecule has 0 saturated heterocycles. The molecule has 0 fully saturated rings. The van der Waals surface area contributed by atoms with Crippen molar-refractivity contribution in [2.75, 3.05) is 7.11 Å². The van der Waals surface area contributed by atoms with E-state index < -0.39 is 5.97 Å². The SMILES string of the molecule is COc1cc(C=Cc2cc(C(=O)O)c3ccccc3n2)cc(Cl)c1O. The molecule has 0 saturated carbocycles. The standard InChI is InChI=1S/C19H14ClNO4/c1-25-17-9-11(8-15(20)18(17)22)6-7-12-10-14(19(23)24)13-4-2-3-5-16(13)21-12/h2-10,22H,1H3,(H,23,24). The maximum Gasteiger partial charge on any atom is 0.336 e. The van der Waals surface area contributed by atoms with Gasteiger partial charge in [0, 0.05) is 5.39 Å². The highest BCUT2D eigenvalue weighted by Crippen LogP contribution is 2.35. The first-order chi connectivity index (χ1) is 12.0. The van der Waals surface area contributed by atoms with Gasteiger partial charge in [0.15, 0.2) is 11.5 Å². The molecule has 1 heterocycles. The molecule has 2 aromatic carbocycles. The number of phenols is 1. The summed E-state index contributed by atoms with van der Waals surface area (Å²) in [6, 6.07) is 11.8. The number of aromatic nitrogens is 1. The summed E-state index contributed by atoms with van der Waals surface area (Å²) in [4.78, 5) is 15.9. The molecule has 0 amide bonds. The van der Waals surface area contributed by atoms with E-state index in [1.807, 2.05) is 0 Å². The molecular formula is C19H14ClNO4. The monoisotopic (exact) mass is 355 g/mol. The number of hydrogen-bond donors (Lipinski definition) is 2. The lowest BCUT2D eigenvalue weighted by Crippen LogP contribution is -2.00. The lowest BCUT2D eigenvalue weighted by atomic mass is 10.1. The second kappa shape index (κ2) is 6.83. The number of methoxy groups -OCH3 is 1. The summed E-state index contributed by atoms with van der Waals surface area (Å²) in [5, 5.41) is 19.9. The van der Waals surface area contributed by atoms with Crippen molar-refractivity contribution >= 4 is 40.6 Å². The Morgan fingerprint density at radius 2 is 1.96 bits per heavy atom. The second-order valence-corrected chi connectivity index (χ2v) is 5.71. The molecular weight excluding hydrogens is 342 g/mol. The third kappa shape index (κ3) is 3.41. The Hall–Kier alpha value is -3.05. The summed E-state index contributed by atoms with van der Waals surface area (Å²) in [5.74, 6) is -0.884. The first-order valence-electron chi connectivity index (χ1n) is 7.37. The number of carbonyl (C=O) groups is 1. The van der Waals surface area contributed by atoms with Crippen LogP contribution in [0, 0.1) is 0 Å². The van der Waals surface area contributed by atoms with E-state index in [-0.39, 0.29) is 22.1 Å². The van der Waals surface area contributed by atoms with Crippen LogP contribution in [0.25, 0.3) is 23.1 Å². The van der Waals surface area contributed by atoms with Crippen molar-refractivity contribution in [3.63, 3.8) is 0 Å². The summed E-state index contributed by atoms with van der Waals surface area (Å²) in [5.41, 5.74) is 1.97. The van der Waals surface area contributed by atoms with Crippen LogP contribution in [0.2, 0.25) is 5.02 Å². The van der Waals surface area contributed by atoms with Crippen LogP contribution in [0.3, 0.4) is 0 Å². The van der Waals surface area contributed by atoms with Gasteiger partial charge in [-0.3, -0.25) is 0 Å². The van der Waals surface area contributed by atoms with Crippen molar-refractivity contribution < 1.29 is 19.7 Å². The molecule has 3 rings (SSSR count). The van der Waals surface area contributed by atoms with Gasteiger partial charge in [0.05, 0.1) is 28.9 Å². The van der Waals surface area contributed by atoms with E-state index in [1.54, 1.807) is 48.6 Å². The van der Waals surface area contributed by atoms with Crippen molar-refractivity contribution in [3.8, 4) is 11.5 Å². The number of aromatic carboxylic acids is 1. The second-order valence-electron chi connectivity index (χ2n) is 5.30. The number of pyridine rings is 1. The Kier molecular flexibility index (Phi) is 4.59. The fourth-order valence-electron chi connectivity index (χ4n) is 2.49. The van der Waals surface area contributed by atoms with Crippen molar-refractivity contribution in [2.45, 2.75) is 0 Å². The van der Waals surface area contributed by atoms with Crippen LogP contribution in [0.5, 0.6) is 11.5 Å². The molecule has 0 aliphatic heterocycles. The van der Waals surface area contributed by atoms with E-state index in [4.69, 9.17) is 16.3 Å². The van der Waals surface area contributed by atoms with Crippen LogP contribution in [0.15, 0.2) is 42.5 Å². The summed E-state index contributed by atoms with van der Waals surface area (Å²) in [6.07, 6.45) is 3.40. The molecule has 126 valence electrons. The zero-order valence-electron chi connectivity index (χ0n) is 13.2. The minimum atomic E-state index is -1.01. The maximum absolute atomic E-state index is 11.5. The summed E-state index contributed by atoms with van der Waals surface area (Å²) >= 11 is 5.97. The number of rotatable bonds is 4. The molecule has 0 bridgehead atoms. The number of carboxylic acids is 1. The molecule has 1 aromatic heterocycles. The summed E-state index contributed by atoms with van der Waals surface area (Å²) < 4.78 is 5.07. The van der Waals surface area contributed by atoms with Gasteiger partial charge in [-0.2, -0.15) is 0 Å². The average molecular weight is 356 g/mol. The van der Waals surface area contributed by atoms with Crippen LogP contribution in [-0.4, -0.2) is 28.3 Å². The Bertz CT molecular complexity index is 998. The van der Waals surface area contributed by atoms with Crippen molar-refractivity contribution in [3.05, 3.63) is 64.3 Å². The van der Waals surface area contributed by atoms with Gasteiger partial charge in [-0.05, 0) is 35.9 Å². The number of phenolic OH excluding ortho intramolecular Hbond substituents is 1. The molecule has 0 unspecified atom stereocenters. The highest BCUT2D eigenvalue weighted by molar-refractivity contribution is 6.32. The minimum Gasteiger partial charge on any atom is -0.503 e. The highest BCUT2D eigenvalue weighted by Gasteiger charge is 2.11. The first-order valence-corrected chi connectivity index (χ1v) is 7.75. The van der Waals surface area contributed by atoms with Gasteiger partial charge < -0.3 is 14.9 Å². The topological polar surface area (TPSA) is 79.7 Å². The Morgan fingerprint density at radius 1 is 1.20 bits per heavy atom. The van der Waals surface area contributed by atoms with Gasteiger partial charge in [-0.1, -0.05) is 35.9 Å².